The van der Waals surface area contributed by atoms with Gasteiger partial charge in [-0.2, -0.15) is 0 Å². The number of carbonyl (C=O) groups excluding carboxylic acids is 2. The summed E-state index contributed by atoms with van der Waals surface area (Å²) in [6, 6.07) is 13.6. The van der Waals surface area contributed by atoms with E-state index in [2.05, 4.69) is 5.32 Å². The zero-order chi connectivity index (χ0) is 17.1. The van der Waals surface area contributed by atoms with E-state index >= 15 is 0 Å². The number of imide groups is 1. The van der Waals surface area contributed by atoms with Crippen LogP contribution < -0.4 is 19.7 Å². The first-order valence-electron chi connectivity index (χ1n) is 7.54. The number of anilines is 2. The van der Waals surface area contributed by atoms with Crippen LogP contribution in [0.15, 0.2) is 48.5 Å². The van der Waals surface area contributed by atoms with Crippen LogP contribution in [0.3, 0.4) is 0 Å². The third-order valence-electron chi connectivity index (χ3n) is 3.88. The van der Waals surface area contributed by atoms with E-state index in [1.807, 2.05) is 18.2 Å². The van der Waals surface area contributed by atoms with Gasteiger partial charge in [-0.25, -0.2) is 4.90 Å². The van der Waals surface area contributed by atoms with Crippen LogP contribution in [0.4, 0.5) is 11.4 Å². The molecule has 6 heteroatoms. The van der Waals surface area contributed by atoms with Crippen LogP contribution in [0.25, 0.3) is 0 Å². The number of benzene rings is 2. The zero-order valence-corrected chi connectivity index (χ0v) is 13.5. The van der Waals surface area contributed by atoms with Crippen molar-refractivity contribution in [2.45, 2.75) is 12.5 Å². The number of rotatable bonds is 5. The van der Waals surface area contributed by atoms with Crippen molar-refractivity contribution in [1.82, 2.24) is 0 Å². The molecular weight excluding hydrogens is 308 g/mol. The van der Waals surface area contributed by atoms with Crippen LogP contribution in [0.2, 0.25) is 0 Å². The predicted octanol–water partition coefficient (Wildman–Crippen LogP) is 2.45. The number of ether oxygens (including phenoxy) is 2. The first-order chi connectivity index (χ1) is 11.6. The number of methoxy groups -OCH3 is 2. The average molecular weight is 326 g/mol. The van der Waals surface area contributed by atoms with E-state index in [-0.39, 0.29) is 18.2 Å². The number of para-hydroxylation sites is 2. The van der Waals surface area contributed by atoms with Crippen molar-refractivity contribution in [2.24, 2.45) is 0 Å². The van der Waals surface area contributed by atoms with E-state index in [4.69, 9.17) is 9.47 Å². The molecule has 24 heavy (non-hydrogen) atoms. The SMILES string of the molecule is COc1cccc(NC2CC(=O)N(c3ccccc3OC)C2=O)c1. The van der Waals surface area contributed by atoms with E-state index < -0.39 is 6.04 Å². The van der Waals surface area contributed by atoms with E-state index in [9.17, 15) is 9.59 Å². The van der Waals surface area contributed by atoms with Gasteiger partial charge in [0.25, 0.3) is 5.91 Å². The second-order valence-electron chi connectivity index (χ2n) is 5.37. The Morgan fingerprint density at radius 3 is 2.58 bits per heavy atom. The Hall–Kier alpha value is -3.02. The lowest BCUT2D eigenvalue weighted by atomic mass is 10.2. The van der Waals surface area contributed by atoms with Gasteiger partial charge in [-0.3, -0.25) is 9.59 Å². The average Bonchev–Trinajstić information content (AvgIpc) is 2.88. The van der Waals surface area contributed by atoms with Gasteiger partial charge in [-0.15, -0.1) is 0 Å². The van der Waals surface area contributed by atoms with E-state index in [1.54, 1.807) is 37.4 Å². The van der Waals surface area contributed by atoms with Crippen molar-refractivity contribution in [3.8, 4) is 11.5 Å². The normalized spacial score (nSPS) is 17.1. The lowest BCUT2D eigenvalue weighted by Crippen LogP contribution is -2.35. The van der Waals surface area contributed by atoms with Crippen LogP contribution >= 0.6 is 0 Å². The van der Waals surface area contributed by atoms with Crippen molar-refractivity contribution in [2.75, 3.05) is 24.4 Å². The molecule has 124 valence electrons. The van der Waals surface area contributed by atoms with Crippen molar-refractivity contribution >= 4 is 23.2 Å². The molecule has 0 radical (unpaired) electrons. The van der Waals surface area contributed by atoms with Crippen LogP contribution in [-0.2, 0) is 9.59 Å². The highest BCUT2D eigenvalue weighted by atomic mass is 16.5. The molecule has 1 saturated heterocycles. The molecule has 0 bridgehead atoms. The number of nitrogens with zero attached hydrogens (tertiary/aromatic N) is 1. The van der Waals surface area contributed by atoms with Gasteiger partial charge in [0, 0.05) is 11.8 Å². The minimum absolute atomic E-state index is 0.0914. The molecule has 0 aromatic heterocycles. The Balaban J connectivity index is 1.83. The van der Waals surface area contributed by atoms with Crippen molar-refractivity contribution in [1.29, 1.82) is 0 Å². The van der Waals surface area contributed by atoms with Gasteiger partial charge >= 0.3 is 0 Å². The summed E-state index contributed by atoms with van der Waals surface area (Å²) in [7, 11) is 3.09. The second-order valence-corrected chi connectivity index (χ2v) is 5.37. The van der Waals surface area contributed by atoms with Gasteiger partial charge in [0.15, 0.2) is 0 Å². The number of amides is 2. The van der Waals surface area contributed by atoms with Gasteiger partial charge in [0.1, 0.15) is 17.5 Å². The zero-order valence-electron chi connectivity index (χ0n) is 13.5. The fourth-order valence-corrected chi connectivity index (χ4v) is 2.73. The fraction of sp³-hybridized carbons (Fsp3) is 0.222. The van der Waals surface area contributed by atoms with Gasteiger partial charge in [-0.05, 0) is 24.3 Å². The molecule has 2 amide bonds. The molecule has 1 fully saturated rings. The van der Waals surface area contributed by atoms with Crippen molar-refractivity contribution in [3.63, 3.8) is 0 Å². The van der Waals surface area contributed by atoms with Crippen LogP contribution in [0, 0.1) is 0 Å². The number of hydrogen-bond acceptors (Lipinski definition) is 5. The minimum Gasteiger partial charge on any atom is -0.497 e. The third-order valence-corrected chi connectivity index (χ3v) is 3.88. The van der Waals surface area contributed by atoms with Gasteiger partial charge in [-0.1, -0.05) is 18.2 Å². The second kappa shape index (κ2) is 6.62. The Kier molecular flexibility index (Phi) is 4.37. The molecule has 6 nitrogen and oxygen atoms in total. The lowest BCUT2D eigenvalue weighted by molar-refractivity contribution is -0.121. The molecular formula is C18H18N2O4. The lowest BCUT2D eigenvalue weighted by Gasteiger charge is -2.18. The van der Waals surface area contributed by atoms with E-state index in [0.717, 1.165) is 5.69 Å². The Bertz CT molecular complexity index is 775. The number of carbonyl (C=O) groups is 2. The fourth-order valence-electron chi connectivity index (χ4n) is 2.73. The van der Waals surface area contributed by atoms with Crippen molar-refractivity contribution < 1.29 is 19.1 Å². The smallest absolute Gasteiger partial charge is 0.256 e. The summed E-state index contributed by atoms with van der Waals surface area (Å²) in [6.45, 7) is 0. The summed E-state index contributed by atoms with van der Waals surface area (Å²) in [5, 5.41) is 3.10. The topological polar surface area (TPSA) is 67.9 Å². The first-order valence-corrected chi connectivity index (χ1v) is 7.54. The molecule has 0 aliphatic carbocycles. The maximum Gasteiger partial charge on any atom is 0.256 e. The third kappa shape index (κ3) is 2.90. The highest BCUT2D eigenvalue weighted by Crippen LogP contribution is 2.32. The Morgan fingerprint density at radius 1 is 1.04 bits per heavy atom. The number of nitrogens with one attached hydrogen (secondary N) is 1. The summed E-state index contributed by atoms with van der Waals surface area (Å²) in [5.74, 6) is 0.608. The van der Waals surface area contributed by atoms with Crippen LogP contribution in [0.5, 0.6) is 11.5 Å². The molecule has 1 atom stereocenters. The van der Waals surface area contributed by atoms with Gasteiger partial charge in [0.2, 0.25) is 5.91 Å². The molecule has 1 aliphatic rings. The molecule has 1 aliphatic heterocycles. The van der Waals surface area contributed by atoms with E-state index in [1.165, 1.54) is 12.0 Å². The Labute approximate surface area is 140 Å². The van der Waals surface area contributed by atoms with Crippen LogP contribution in [-0.4, -0.2) is 32.1 Å². The van der Waals surface area contributed by atoms with Crippen molar-refractivity contribution in [3.05, 3.63) is 48.5 Å². The molecule has 2 aromatic rings. The summed E-state index contributed by atoms with van der Waals surface area (Å²) in [6.07, 6.45) is 0.0914. The summed E-state index contributed by atoms with van der Waals surface area (Å²) < 4.78 is 10.4. The molecule has 0 saturated carbocycles. The van der Waals surface area contributed by atoms with E-state index in [0.29, 0.717) is 17.2 Å². The quantitative estimate of drug-likeness (QED) is 0.855. The maximum atomic E-state index is 12.7. The Morgan fingerprint density at radius 2 is 1.83 bits per heavy atom. The summed E-state index contributed by atoms with van der Waals surface area (Å²) >= 11 is 0. The molecule has 2 aromatic carbocycles. The van der Waals surface area contributed by atoms with Gasteiger partial charge in [0.05, 0.1) is 26.3 Å². The first kappa shape index (κ1) is 15.9. The molecule has 1 heterocycles. The molecule has 1 unspecified atom stereocenters. The maximum absolute atomic E-state index is 12.7. The molecule has 3 rings (SSSR count). The summed E-state index contributed by atoms with van der Waals surface area (Å²) in [5.41, 5.74) is 1.19. The predicted molar refractivity (Wildman–Crippen MR) is 90.5 cm³/mol. The largest absolute Gasteiger partial charge is 0.497 e. The monoisotopic (exact) mass is 326 g/mol. The number of hydrogen-bond donors (Lipinski definition) is 1. The molecule has 0 spiro atoms. The minimum atomic E-state index is -0.616. The highest BCUT2D eigenvalue weighted by molar-refractivity contribution is 6.23. The van der Waals surface area contributed by atoms with Gasteiger partial charge < -0.3 is 14.8 Å². The molecule has 1 N–H and O–H groups in total. The van der Waals surface area contributed by atoms with Crippen LogP contribution in [0.1, 0.15) is 6.42 Å². The summed E-state index contributed by atoms with van der Waals surface area (Å²) in [4.78, 5) is 26.2. The standard InChI is InChI=1S/C18H18N2O4/c1-23-13-7-5-6-12(10-13)19-14-11-17(21)20(18(14)22)15-8-3-4-9-16(15)24-2/h3-10,14,19H,11H2,1-2H3. The highest BCUT2D eigenvalue weighted by Gasteiger charge is 2.40.